The average Bonchev–Trinajstić information content (AvgIpc) is 2.74. The zero-order valence-corrected chi connectivity index (χ0v) is 10.8. The van der Waals surface area contributed by atoms with Gasteiger partial charge in [0.15, 0.2) is 0 Å². The summed E-state index contributed by atoms with van der Waals surface area (Å²) in [5, 5.41) is 4.93. The van der Waals surface area contributed by atoms with E-state index in [-0.39, 0.29) is 0 Å². The molecule has 3 rings (SSSR count). The van der Waals surface area contributed by atoms with E-state index in [1.54, 1.807) is 0 Å². The minimum atomic E-state index is 0.711. The van der Waals surface area contributed by atoms with Crippen LogP contribution in [0.5, 0.6) is 11.5 Å². The second kappa shape index (κ2) is 4.31. The Balaban J connectivity index is 2.09. The number of rotatable bonds is 2. The first kappa shape index (κ1) is 11.6. The number of nitrogens with zero attached hydrogens (tertiary/aromatic N) is 1. The highest BCUT2D eigenvalue weighted by atomic mass is 16.5. The fourth-order valence-corrected chi connectivity index (χ4v) is 2.07. The van der Waals surface area contributed by atoms with Gasteiger partial charge in [0.05, 0.1) is 5.39 Å². The number of nitrogens with two attached hydrogens (primary N) is 1. The summed E-state index contributed by atoms with van der Waals surface area (Å²) >= 11 is 0. The molecule has 0 atom stereocenters. The number of anilines is 1. The molecular formula is C15H14N2O2. The molecule has 0 unspecified atom stereocenters. The summed E-state index contributed by atoms with van der Waals surface area (Å²) in [6, 6.07) is 11.2. The Kier molecular flexibility index (Phi) is 2.63. The predicted molar refractivity (Wildman–Crippen MR) is 74.4 cm³/mol. The van der Waals surface area contributed by atoms with Crippen LogP contribution in [-0.4, -0.2) is 5.16 Å². The fraction of sp³-hybridized carbons (Fsp3) is 0.133. The highest BCUT2D eigenvalue weighted by Crippen LogP contribution is 2.33. The third-order valence-electron chi connectivity index (χ3n) is 2.97. The number of aromatic nitrogens is 1. The van der Waals surface area contributed by atoms with Crippen molar-refractivity contribution in [3.63, 3.8) is 0 Å². The minimum absolute atomic E-state index is 0.711. The molecule has 3 aromatic rings. The van der Waals surface area contributed by atoms with Crippen molar-refractivity contribution in [2.45, 2.75) is 13.8 Å². The molecule has 0 radical (unpaired) electrons. The van der Waals surface area contributed by atoms with Crippen molar-refractivity contribution in [3.8, 4) is 11.5 Å². The molecule has 0 aliphatic rings. The number of ether oxygens (including phenoxy) is 1. The van der Waals surface area contributed by atoms with E-state index in [0.717, 1.165) is 33.7 Å². The maximum atomic E-state index is 5.91. The minimum Gasteiger partial charge on any atom is -0.457 e. The molecule has 0 saturated heterocycles. The summed E-state index contributed by atoms with van der Waals surface area (Å²) < 4.78 is 11.1. The highest BCUT2D eigenvalue weighted by molar-refractivity contribution is 5.87. The van der Waals surface area contributed by atoms with Gasteiger partial charge in [0.2, 0.25) is 0 Å². The zero-order valence-electron chi connectivity index (χ0n) is 10.8. The van der Waals surface area contributed by atoms with Crippen molar-refractivity contribution in [2.75, 3.05) is 5.73 Å². The van der Waals surface area contributed by atoms with E-state index in [9.17, 15) is 0 Å². The van der Waals surface area contributed by atoms with E-state index in [0.29, 0.717) is 5.69 Å². The molecule has 0 aliphatic heterocycles. The Bertz CT molecular complexity index is 730. The lowest BCUT2D eigenvalue weighted by Crippen LogP contribution is -1.88. The van der Waals surface area contributed by atoms with Crippen molar-refractivity contribution >= 4 is 16.6 Å². The van der Waals surface area contributed by atoms with E-state index in [2.05, 4.69) is 5.16 Å². The lowest BCUT2D eigenvalue weighted by Gasteiger charge is -2.08. The van der Waals surface area contributed by atoms with Gasteiger partial charge in [-0.1, -0.05) is 5.16 Å². The van der Waals surface area contributed by atoms with Gasteiger partial charge in [0.25, 0.3) is 0 Å². The van der Waals surface area contributed by atoms with Gasteiger partial charge in [-0.2, -0.15) is 0 Å². The molecule has 0 bridgehead atoms. The molecule has 1 aromatic heterocycles. The number of aryl methyl sites for hydroxylation is 2. The Labute approximate surface area is 110 Å². The van der Waals surface area contributed by atoms with Gasteiger partial charge in [-0.3, -0.25) is 0 Å². The molecule has 0 spiro atoms. The van der Waals surface area contributed by atoms with Crippen molar-refractivity contribution in [1.82, 2.24) is 5.16 Å². The molecular weight excluding hydrogens is 240 g/mol. The van der Waals surface area contributed by atoms with Gasteiger partial charge in [0.1, 0.15) is 22.8 Å². The Hall–Kier alpha value is -2.49. The number of fused-ring (bicyclic) bond motifs is 1. The summed E-state index contributed by atoms with van der Waals surface area (Å²) in [7, 11) is 0. The second-order valence-corrected chi connectivity index (χ2v) is 4.57. The highest BCUT2D eigenvalue weighted by Gasteiger charge is 2.12. The van der Waals surface area contributed by atoms with Crippen LogP contribution in [0.2, 0.25) is 0 Å². The van der Waals surface area contributed by atoms with Crippen LogP contribution in [0.1, 0.15) is 11.3 Å². The quantitative estimate of drug-likeness (QED) is 0.706. The summed E-state index contributed by atoms with van der Waals surface area (Å²) in [4.78, 5) is 0. The summed E-state index contributed by atoms with van der Waals surface area (Å²) in [6.07, 6.45) is 0. The summed E-state index contributed by atoms with van der Waals surface area (Å²) in [5.41, 5.74) is 8.26. The number of nitrogen functional groups attached to an aromatic ring is 1. The van der Waals surface area contributed by atoms with Crippen LogP contribution in [0.25, 0.3) is 10.9 Å². The van der Waals surface area contributed by atoms with Crippen LogP contribution in [0.4, 0.5) is 5.69 Å². The third-order valence-corrected chi connectivity index (χ3v) is 2.97. The molecule has 96 valence electrons. The summed E-state index contributed by atoms with van der Waals surface area (Å²) in [5.74, 6) is 2.24. The average molecular weight is 254 g/mol. The van der Waals surface area contributed by atoms with Gasteiger partial charge in [-0.15, -0.1) is 0 Å². The molecule has 19 heavy (non-hydrogen) atoms. The molecule has 1 heterocycles. The van der Waals surface area contributed by atoms with Crippen LogP contribution in [0, 0.1) is 13.8 Å². The molecule has 0 fully saturated rings. The van der Waals surface area contributed by atoms with Crippen molar-refractivity contribution in [3.05, 3.63) is 47.7 Å². The second-order valence-electron chi connectivity index (χ2n) is 4.57. The largest absolute Gasteiger partial charge is 0.457 e. The predicted octanol–water partition coefficient (Wildman–Crippen LogP) is 3.82. The van der Waals surface area contributed by atoms with Crippen LogP contribution in [0.3, 0.4) is 0 Å². The van der Waals surface area contributed by atoms with Crippen LogP contribution in [0.15, 0.2) is 40.9 Å². The first-order valence-corrected chi connectivity index (χ1v) is 6.03. The van der Waals surface area contributed by atoms with Gasteiger partial charge < -0.3 is 15.0 Å². The smallest absolute Gasteiger partial charge is 0.145 e. The van der Waals surface area contributed by atoms with Gasteiger partial charge in [0, 0.05) is 5.69 Å². The molecule has 2 N–H and O–H groups in total. The third kappa shape index (κ3) is 2.12. The van der Waals surface area contributed by atoms with E-state index < -0.39 is 0 Å². The van der Waals surface area contributed by atoms with Gasteiger partial charge >= 0.3 is 0 Å². The Morgan fingerprint density at radius 2 is 1.84 bits per heavy atom. The molecule has 4 heteroatoms. The van der Waals surface area contributed by atoms with E-state index in [1.807, 2.05) is 50.2 Å². The normalized spacial score (nSPS) is 10.8. The number of benzene rings is 2. The summed E-state index contributed by atoms with van der Waals surface area (Å²) in [6.45, 7) is 3.87. The number of hydrogen-bond donors (Lipinski definition) is 1. The van der Waals surface area contributed by atoms with E-state index >= 15 is 0 Å². The maximum Gasteiger partial charge on any atom is 0.145 e. The Morgan fingerprint density at radius 1 is 1.11 bits per heavy atom. The molecule has 0 aliphatic carbocycles. The molecule has 4 nitrogen and oxygen atoms in total. The van der Waals surface area contributed by atoms with Crippen molar-refractivity contribution in [1.29, 1.82) is 0 Å². The van der Waals surface area contributed by atoms with E-state index in [1.165, 1.54) is 0 Å². The molecule has 0 amide bonds. The molecule has 2 aromatic carbocycles. The van der Waals surface area contributed by atoms with Crippen LogP contribution in [-0.2, 0) is 0 Å². The molecule has 0 saturated carbocycles. The van der Waals surface area contributed by atoms with Gasteiger partial charge in [-0.25, -0.2) is 0 Å². The van der Waals surface area contributed by atoms with Crippen molar-refractivity contribution < 1.29 is 9.26 Å². The first-order chi connectivity index (χ1) is 9.13. The topological polar surface area (TPSA) is 61.3 Å². The SMILES string of the molecule is Cc1cc(Oc2ccc(N)cc2)c2c(C)onc2c1. The Morgan fingerprint density at radius 3 is 2.58 bits per heavy atom. The standard InChI is InChI=1S/C15H14N2O2/c1-9-7-13-15(10(2)19-17-13)14(8-9)18-12-5-3-11(16)4-6-12/h3-8H,16H2,1-2H3. The lowest BCUT2D eigenvalue weighted by molar-refractivity contribution is 0.404. The van der Waals surface area contributed by atoms with Crippen LogP contribution < -0.4 is 10.5 Å². The monoisotopic (exact) mass is 254 g/mol. The number of hydrogen-bond acceptors (Lipinski definition) is 4. The fourth-order valence-electron chi connectivity index (χ4n) is 2.07. The first-order valence-electron chi connectivity index (χ1n) is 6.03. The van der Waals surface area contributed by atoms with Crippen LogP contribution >= 0.6 is 0 Å². The zero-order chi connectivity index (χ0) is 13.4. The van der Waals surface area contributed by atoms with Crippen molar-refractivity contribution in [2.24, 2.45) is 0 Å². The maximum absolute atomic E-state index is 5.91. The lowest BCUT2D eigenvalue weighted by atomic mass is 10.1. The van der Waals surface area contributed by atoms with E-state index in [4.69, 9.17) is 15.0 Å². The van der Waals surface area contributed by atoms with Gasteiger partial charge in [-0.05, 0) is 55.8 Å².